The Labute approximate surface area is 113 Å². The number of rotatable bonds is 8. The molecular formula is C10H24O7P2. The SMILES string of the molecule is CCC(CC)(OC(CC)(CC)P(=O)(O)O)P(=O)(O)O. The summed E-state index contributed by atoms with van der Waals surface area (Å²) in [6.07, 6.45) is -0.129. The summed E-state index contributed by atoms with van der Waals surface area (Å²) in [4.78, 5) is 37.9. The van der Waals surface area contributed by atoms with Gasteiger partial charge in [-0.2, -0.15) is 0 Å². The van der Waals surface area contributed by atoms with Gasteiger partial charge in [-0.25, -0.2) is 0 Å². The van der Waals surface area contributed by atoms with Crippen molar-refractivity contribution in [3.8, 4) is 0 Å². The van der Waals surface area contributed by atoms with Crippen molar-refractivity contribution >= 4 is 15.2 Å². The van der Waals surface area contributed by atoms with Gasteiger partial charge in [0.15, 0.2) is 10.7 Å². The van der Waals surface area contributed by atoms with Crippen LogP contribution in [0, 0.1) is 0 Å². The first-order chi connectivity index (χ1) is 8.45. The molecule has 0 aromatic rings. The van der Waals surface area contributed by atoms with Gasteiger partial charge in [-0.3, -0.25) is 9.13 Å². The van der Waals surface area contributed by atoms with Crippen molar-refractivity contribution in [1.82, 2.24) is 0 Å². The fraction of sp³-hybridized carbons (Fsp3) is 1.00. The molecule has 4 N–H and O–H groups in total. The standard InChI is InChI=1S/C10H24O7P2/c1-5-9(6-2,18(11,12)13)17-10(7-3,8-4)19(14,15)16/h5-8H2,1-4H3,(H2,11,12,13)(H2,14,15,16). The second-order valence-corrected chi connectivity index (χ2v) is 8.30. The van der Waals surface area contributed by atoms with Crippen LogP contribution in [0.4, 0.5) is 0 Å². The first kappa shape index (κ1) is 19.3. The van der Waals surface area contributed by atoms with Crippen molar-refractivity contribution in [1.29, 1.82) is 0 Å². The molecule has 0 saturated carbocycles. The third kappa shape index (κ3) is 3.67. The molecule has 0 aromatic carbocycles. The molecule has 0 amide bonds. The van der Waals surface area contributed by atoms with Gasteiger partial charge in [-0.05, 0) is 25.7 Å². The zero-order chi connectivity index (χ0) is 15.5. The zero-order valence-corrected chi connectivity index (χ0v) is 13.5. The van der Waals surface area contributed by atoms with E-state index < -0.39 is 25.9 Å². The van der Waals surface area contributed by atoms with Crippen molar-refractivity contribution in [2.45, 2.75) is 64.1 Å². The topological polar surface area (TPSA) is 124 Å². The van der Waals surface area contributed by atoms with Gasteiger partial charge < -0.3 is 24.3 Å². The second kappa shape index (κ2) is 6.35. The normalized spacial score (nSPS) is 14.7. The maximum Gasteiger partial charge on any atom is 0.357 e. The quantitative estimate of drug-likeness (QED) is 0.506. The summed E-state index contributed by atoms with van der Waals surface area (Å²) >= 11 is 0. The van der Waals surface area contributed by atoms with Crippen LogP contribution >= 0.6 is 15.2 Å². The molecule has 0 rings (SSSR count). The number of hydrogen-bond acceptors (Lipinski definition) is 3. The maximum atomic E-state index is 11.7. The smallest absolute Gasteiger partial charge is 0.343 e. The van der Waals surface area contributed by atoms with Crippen LogP contribution < -0.4 is 0 Å². The Balaban J connectivity index is 5.80. The summed E-state index contributed by atoms with van der Waals surface area (Å²) in [6.45, 7) is 6.10. The monoisotopic (exact) mass is 318 g/mol. The van der Waals surface area contributed by atoms with E-state index in [9.17, 15) is 28.7 Å². The lowest BCUT2D eigenvalue weighted by Gasteiger charge is -2.42. The lowest BCUT2D eigenvalue weighted by Crippen LogP contribution is -2.43. The van der Waals surface area contributed by atoms with E-state index in [0.29, 0.717) is 0 Å². The number of hydrogen-bond donors (Lipinski definition) is 4. The largest absolute Gasteiger partial charge is 0.357 e. The molecule has 0 bridgehead atoms. The highest BCUT2D eigenvalue weighted by Crippen LogP contribution is 2.63. The summed E-state index contributed by atoms with van der Waals surface area (Å²) in [5, 5.41) is -3.72. The molecule has 19 heavy (non-hydrogen) atoms. The summed E-state index contributed by atoms with van der Waals surface area (Å²) < 4.78 is 28.8. The molecule has 0 radical (unpaired) electrons. The van der Waals surface area contributed by atoms with Gasteiger partial charge in [0.25, 0.3) is 0 Å². The van der Waals surface area contributed by atoms with E-state index in [1.54, 1.807) is 0 Å². The molecule has 9 heteroatoms. The van der Waals surface area contributed by atoms with Gasteiger partial charge >= 0.3 is 15.2 Å². The first-order valence-electron chi connectivity index (χ1n) is 6.26. The summed E-state index contributed by atoms with van der Waals surface area (Å²) in [5.74, 6) is 0. The highest BCUT2D eigenvalue weighted by atomic mass is 31.2. The van der Waals surface area contributed by atoms with Crippen molar-refractivity contribution < 1.29 is 33.4 Å². The fourth-order valence-corrected chi connectivity index (χ4v) is 4.39. The van der Waals surface area contributed by atoms with E-state index in [0.717, 1.165) is 0 Å². The van der Waals surface area contributed by atoms with E-state index in [1.807, 2.05) is 0 Å². The summed E-state index contributed by atoms with van der Waals surface area (Å²) in [5.41, 5.74) is 0. The molecule has 0 aliphatic heterocycles. The molecule has 0 heterocycles. The van der Waals surface area contributed by atoms with E-state index in [1.165, 1.54) is 27.7 Å². The molecule has 0 unspecified atom stereocenters. The Bertz CT molecular complexity index is 339. The minimum absolute atomic E-state index is 0.0322. The van der Waals surface area contributed by atoms with E-state index in [2.05, 4.69) is 0 Å². The Morgan fingerprint density at radius 3 is 1.05 bits per heavy atom. The highest BCUT2D eigenvalue weighted by molar-refractivity contribution is 7.54. The lowest BCUT2D eigenvalue weighted by molar-refractivity contribution is -0.0974. The van der Waals surface area contributed by atoms with Crippen molar-refractivity contribution in [2.75, 3.05) is 0 Å². The van der Waals surface area contributed by atoms with Crippen molar-refractivity contribution in [3.63, 3.8) is 0 Å². The van der Waals surface area contributed by atoms with Crippen molar-refractivity contribution in [2.24, 2.45) is 0 Å². The predicted octanol–water partition coefficient (Wildman–Crippen LogP) is 2.39. The zero-order valence-electron chi connectivity index (χ0n) is 11.7. The van der Waals surface area contributed by atoms with Crippen LogP contribution in [0.3, 0.4) is 0 Å². The molecule has 7 nitrogen and oxygen atoms in total. The molecular weight excluding hydrogens is 294 g/mol. The number of ether oxygens (including phenoxy) is 1. The average molecular weight is 318 g/mol. The third-order valence-corrected chi connectivity index (χ3v) is 7.22. The van der Waals surface area contributed by atoms with Crippen molar-refractivity contribution in [3.05, 3.63) is 0 Å². The van der Waals surface area contributed by atoms with Crippen LogP contribution in [0.25, 0.3) is 0 Å². The lowest BCUT2D eigenvalue weighted by atomic mass is 10.1. The van der Waals surface area contributed by atoms with Gasteiger partial charge in [-0.15, -0.1) is 0 Å². The molecule has 0 atom stereocenters. The summed E-state index contributed by atoms with van der Waals surface area (Å²) in [6, 6.07) is 0. The third-order valence-electron chi connectivity index (χ3n) is 3.65. The van der Waals surface area contributed by atoms with Gasteiger partial charge in [0.05, 0.1) is 0 Å². The van der Waals surface area contributed by atoms with Crippen LogP contribution in [0.2, 0.25) is 0 Å². The molecule has 0 spiro atoms. The van der Waals surface area contributed by atoms with E-state index in [-0.39, 0.29) is 25.7 Å². The van der Waals surface area contributed by atoms with Crippen LogP contribution in [-0.4, -0.2) is 30.3 Å². The Morgan fingerprint density at radius 2 is 0.947 bits per heavy atom. The minimum Gasteiger partial charge on any atom is -0.343 e. The highest BCUT2D eigenvalue weighted by Gasteiger charge is 2.55. The van der Waals surface area contributed by atoms with E-state index in [4.69, 9.17) is 4.74 Å². The minimum atomic E-state index is -4.66. The van der Waals surface area contributed by atoms with Crippen LogP contribution in [0.15, 0.2) is 0 Å². The molecule has 116 valence electrons. The molecule has 0 saturated heterocycles. The molecule has 0 aliphatic rings. The van der Waals surface area contributed by atoms with Crippen LogP contribution in [-0.2, 0) is 13.9 Å². The van der Waals surface area contributed by atoms with Gasteiger partial charge in [0, 0.05) is 0 Å². The Kier molecular flexibility index (Phi) is 6.44. The maximum absolute atomic E-state index is 11.7. The Hall–Kier alpha value is 0.260. The van der Waals surface area contributed by atoms with Crippen LogP contribution in [0.1, 0.15) is 53.4 Å². The molecule has 0 aromatic heterocycles. The molecule has 0 aliphatic carbocycles. The van der Waals surface area contributed by atoms with Crippen LogP contribution in [0.5, 0.6) is 0 Å². The average Bonchev–Trinajstić information content (AvgIpc) is 2.28. The van der Waals surface area contributed by atoms with E-state index >= 15 is 0 Å². The van der Waals surface area contributed by atoms with Gasteiger partial charge in [0.2, 0.25) is 0 Å². The second-order valence-electron chi connectivity index (χ2n) is 4.50. The predicted molar refractivity (Wildman–Crippen MR) is 71.8 cm³/mol. The molecule has 0 fully saturated rings. The Morgan fingerprint density at radius 1 is 0.737 bits per heavy atom. The fourth-order valence-electron chi connectivity index (χ4n) is 2.09. The van der Waals surface area contributed by atoms with Gasteiger partial charge in [-0.1, -0.05) is 27.7 Å². The van der Waals surface area contributed by atoms with Gasteiger partial charge in [0.1, 0.15) is 0 Å². The summed E-state index contributed by atoms with van der Waals surface area (Å²) in [7, 11) is -9.33. The first-order valence-corrected chi connectivity index (χ1v) is 9.49.